The van der Waals surface area contributed by atoms with Crippen molar-refractivity contribution in [3.8, 4) is 11.8 Å². The normalized spacial score (nSPS) is 12.4. The Kier molecular flexibility index (Phi) is 4.93. The zero-order valence-electron chi connectivity index (χ0n) is 11.5. The quantitative estimate of drug-likeness (QED) is 0.493. The molecule has 0 bridgehead atoms. The molecule has 0 saturated heterocycles. The SMILES string of the molecule is NC(=S)N=N/C=C(\N=N\C(N)=S)n1c(O)c2ccccc2c1O. The van der Waals surface area contributed by atoms with Gasteiger partial charge in [0.05, 0.1) is 6.20 Å². The molecule has 0 unspecified atom stereocenters. The van der Waals surface area contributed by atoms with E-state index in [1.54, 1.807) is 24.3 Å². The molecule has 11 heteroatoms. The molecular weight excluding hydrogens is 338 g/mol. The van der Waals surface area contributed by atoms with Crippen molar-refractivity contribution < 1.29 is 10.2 Å². The van der Waals surface area contributed by atoms with Crippen LogP contribution in [0.1, 0.15) is 0 Å². The first-order valence-electron chi connectivity index (χ1n) is 6.05. The Hall–Kier alpha value is -2.92. The average molecular weight is 349 g/mol. The Morgan fingerprint density at radius 1 is 0.957 bits per heavy atom. The van der Waals surface area contributed by atoms with Crippen molar-refractivity contribution in [2.45, 2.75) is 0 Å². The third kappa shape index (κ3) is 3.64. The van der Waals surface area contributed by atoms with Crippen molar-refractivity contribution in [2.24, 2.45) is 31.9 Å². The molecule has 0 spiro atoms. The molecule has 23 heavy (non-hydrogen) atoms. The number of hydrogen-bond donors (Lipinski definition) is 4. The summed E-state index contributed by atoms with van der Waals surface area (Å²) in [5.41, 5.74) is 10.5. The summed E-state index contributed by atoms with van der Waals surface area (Å²) < 4.78 is 1.00. The van der Waals surface area contributed by atoms with Crippen LogP contribution >= 0.6 is 24.4 Å². The van der Waals surface area contributed by atoms with Crippen LogP contribution in [-0.2, 0) is 0 Å². The Morgan fingerprint density at radius 2 is 1.48 bits per heavy atom. The van der Waals surface area contributed by atoms with Crippen LogP contribution in [0.2, 0.25) is 0 Å². The van der Waals surface area contributed by atoms with Gasteiger partial charge in [-0.05, 0) is 36.6 Å². The molecule has 9 nitrogen and oxygen atoms in total. The molecule has 0 atom stereocenters. The van der Waals surface area contributed by atoms with Crippen molar-refractivity contribution in [2.75, 3.05) is 0 Å². The summed E-state index contributed by atoms with van der Waals surface area (Å²) in [7, 11) is 0. The molecule has 2 rings (SSSR count). The van der Waals surface area contributed by atoms with Gasteiger partial charge in [-0.2, -0.15) is 5.11 Å². The minimum atomic E-state index is -0.267. The van der Waals surface area contributed by atoms with Crippen LogP contribution in [0.15, 0.2) is 50.9 Å². The second-order valence-corrected chi connectivity index (χ2v) is 4.94. The number of aromatic hydroxyl groups is 2. The zero-order chi connectivity index (χ0) is 17.0. The highest BCUT2D eigenvalue weighted by molar-refractivity contribution is 7.80. The summed E-state index contributed by atoms with van der Waals surface area (Å²) in [5, 5.41) is 35.2. The van der Waals surface area contributed by atoms with Crippen LogP contribution in [0, 0.1) is 0 Å². The Morgan fingerprint density at radius 3 is 1.96 bits per heavy atom. The number of thiocarbonyl (C=S) groups is 2. The van der Waals surface area contributed by atoms with Gasteiger partial charge in [-0.1, -0.05) is 12.1 Å². The maximum absolute atomic E-state index is 10.3. The fraction of sp³-hybridized carbons (Fsp3) is 0. The third-order valence-corrected chi connectivity index (χ3v) is 2.81. The second kappa shape index (κ2) is 6.89. The van der Waals surface area contributed by atoms with Gasteiger partial charge in [0, 0.05) is 10.8 Å². The lowest BCUT2D eigenvalue weighted by Gasteiger charge is -2.04. The van der Waals surface area contributed by atoms with Crippen molar-refractivity contribution in [3.63, 3.8) is 0 Å². The fourth-order valence-corrected chi connectivity index (χ4v) is 1.89. The molecule has 0 aliphatic heterocycles. The maximum atomic E-state index is 10.3. The molecule has 1 aromatic heterocycles. The number of benzene rings is 1. The predicted molar refractivity (Wildman–Crippen MR) is 92.8 cm³/mol. The minimum absolute atomic E-state index is 0.0935. The Balaban J connectivity index is 2.64. The second-order valence-electron chi connectivity index (χ2n) is 4.11. The highest BCUT2D eigenvalue weighted by atomic mass is 32.1. The van der Waals surface area contributed by atoms with Gasteiger partial charge in [-0.15, -0.1) is 15.3 Å². The van der Waals surface area contributed by atoms with Gasteiger partial charge in [0.1, 0.15) is 0 Å². The van der Waals surface area contributed by atoms with Crippen molar-refractivity contribution in [1.29, 1.82) is 0 Å². The summed E-state index contributed by atoms with van der Waals surface area (Å²) >= 11 is 9.17. The largest absolute Gasteiger partial charge is 0.494 e. The number of aromatic nitrogens is 1. The van der Waals surface area contributed by atoms with E-state index in [2.05, 4.69) is 44.9 Å². The molecular formula is C12H11N7O2S2. The molecule has 118 valence electrons. The number of hydrogen-bond acceptors (Lipinski definition) is 6. The Bertz CT molecular complexity index is 831. The molecule has 0 fully saturated rings. The van der Waals surface area contributed by atoms with Gasteiger partial charge in [-0.3, -0.25) is 0 Å². The number of fused-ring (bicyclic) bond motifs is 1. The summed E-state index contributed by atoms with van der Waals surface area (Å²) in [6.07, 6.45) is 1.08. The lowest BCUT2D eigenvalue weighted by atomic mass is 10.2. The molecule has 1 heterocycles. The molecule has 0 radical (unpaired) electrons. The zero-order valence-corrected chi connectivity index (χ0v) is 13.1. The Labute approximate surface area is 140 Å². The minimum Gasteiger partial charge on any atom is -0.494 e. The summed E-state index contributed by atoms with van der Waals surface area (Å²) in [4.78, 5) is 0. The van der Waals surface area contributed by atoms with Crippen molar-refractivity contribution in [3.05, 3.63) is 30.5 Å². The van der Waals surface area contributed by atoms with E-state index in [1.165, 1.54) is 0 Å². The van der Waals surface area contributed by atoms with Crippen LogP contribution in [0.3, 0.4) is 0 Å². The van der Waals surface area contributed by atoms with E-state index in [1.807, 2.05) is 0 Å². The van der Waals surface area contributed by atoms with Gasteiger partial charge < -0.3 is 21.7 Å². The van der Waals surface area contributed by atoms with E-state index in [0.717, 1.165) is 10.8 Å². The van der Waals surface area contributed by atoms with Crippen LogP contribution in [0.25, 0.3) is 16.6 Å². The average Bonchev–Trinajstić information content (AvgIpc) is 2.75. The van der Waals surface area contributed by atoms with Crippen LogP contribution in [0.4, 0.5) is 0 Å². The van der Waals surface area contributed by atoms with Crippen molar-refractivity contribution >= 4 is 51.3 Å². The third-order valence-electron chi connectivity index (χ3n) is 2.64. The first-order valence-corrected chi connectivity index (χ1v) is 6.87. The van der Waals surface area contributed by atoms with Gasteiger partial charge in [0.15, 0.2) is 5.82 Å². The maximum Gasteiger partial charge on any atom is 0.211 e. The molecule has 0 aliphatic carbocycles. The van der Waals surface area contributed by atoms with Gasteiger partial charge in [0.2, 0.25) is 22.0 Å². The summed E-state index contributed by atoms with van der Waals surface area (Å²) in [6, 6.07) is 6.66. The van der Waals surface area contributed by atoms with E-state index in [4.69, 9.17) is 11.5 Å². The van der Waals surface area contributed by atoms with Gasteiger partial charge >= 0.3 is 0 Å². The van der Waals surface area contributed by atoms with E-state index < -0.39 is 0 Å². The van der Waals surface area contributed by atoms with Crippen LogP contribution in [-0.4, -0.2) is 25.0 Å². The highest BCUT2D eigenvalue weighted by Crippen LogP contribution is 2.38. The molecule has 0 aliphatic rings. The monoisotopic (exact) mass is 349 g/mol. The molecule has 6 N–H and O–H groups in total. The molecule has 2 aromatic rings. The number of azo groups is 2. The number of nitrogens with two attached hydrogens (primary N) is 2. The van der Waals surface area contributed by atoms with E-state index >= 15 is 0 Å². The van der Waals surface area contributed by atoms with Crippen LogP contribution in [0.5, 0.6) is 11.8 Å². The first-order chi connectivity index (χ1) is 10.9. The topological polar surface area (TPSA) is 147 Å². The van der Waals surface area contributed by atoms with Gasteiger partial charge in [0.25, 0.3) is 0 Å². The standard InChI is InChI=1S/C12H11N7O2S2/c13-11(22)17-15-5-8(16-18-12(14)23)19-9(20)6-3-1-2-4-7(6)10(19)21/h1-5,20-21H,(H2,13,22)(H2,14,23)/b8-5+,17-15?,18-16+. The van der Waals surface area contributed by atoms with Crippen molar-refractivity contribution in [1.82, 2.24) is 4.57 Å². The lowest BCUT2D eigenvalue weighted by molar-refractivity contribution is 0.407. The predicted octanol–water partition coefficient (Wildman–Crippen LogP) is 2.20. The van der Waals surface area contributed by atoms with E-state index in [-0.39, 0.29) is 27.8 Å². The number of nitrogens with zero attached hydrogens (tertiary/aromatic N) is 5. The molecule has 1 aromatic carbocycles. The lowest BCUT2D eigenvalue weighted by Crippen LogP contribution is -2.03. The number of rotatable bonds is 3. The highest BCUT2D eigenvalue weighted by Gasteiger charge is 2.18. The molecule has 0 saturated carbocycles. The van der Waals surface area contributed by atoms with E-state index in [0.29, 0.717) is 10.8 Å². The smallest absolute Gasteiger partial charge is 0.211 e. The first kappa shape index (κ1) is 16.5. The van der Waals surface area contributed by atoms with E-state index in [9.17, 15) is 10.2 Å². The molecule has 0 amide bonds. The van der Waals surface area contributed by atoms with Gasteiger partial charge in [-0.25, -0.2) is 4.57 Å². The van der Waals surface area contributed by atoms with Crippen LogP contribution < -0.4 is 11.5 Å². The summed E-state index contributed by atoms with van der Waals surface area (Å²) in [6.45, 7) is 0. The summed E-state index contributed by atoms with van der Waals surface area (Å²) in [5.74, 6) is -0.627. The fourth-order valence-electron chi connectivity index (χ4n) is 1.80.